The van der Waals surface area contributed by atoms with Gasteiger partial charge in [0.1, 0.15) is 17.9 Å². The molecule has 2 fully saturated rings. The second-order valence-electron chi connectivity index (χ2n) is 5.86. The van der Waals surface area contributed by atoms with Gasteiger partial charge in [0.15, 0.2) is 0 Å². The molecule has 4 rings (SSSR count). The minimum Gasteiger partial charge on any atom is -0.488 e. The Labute approximate surface area is 127 Å². The third-order valence-corrected chi connectivity index (χ3v) is 4.25. The highest BCUT2D eigenvalue weighted by Gasteiger charge is 2.27. The predicted molar refractivity (Wildman–Crippen MR) is 80.6 cm³/mol. The molecule has 2 aromatic rings. The van der Waals surface area contributed by atoms with Gasteiger partial charge >= 0.3 is 0 Å². The topological polar surface area (TPSA) is 72.4 Å². The van der Waals surface area contributed by atoms with E-state index in [9.17, 15) is 9.59 Å². The normalized spacial score (nSPS) is 22.5. The summed E-state index contributed by atoms with van der Waals surface area (Å²) in [6.07, 6.45) is 5.07. The van der Waals surface area contributed by atoms with E-state index in [1.807, 2.05) is 35.2 Å². The summed E-state index contributed by atoms with van der Waals surface area (Å²) >= 11 is 0. The molecule has 114 valence electrons. The van der Waals surface area contributed by atoms with Gasteiger partial charge < -0.3 is 14.6 Å². The maximum atomic E-state index is 12.0. The third-order valence-electron chi connectivity index (χ3n) is 4.25. The molecule has 0 bridgehead atoms. The standard InChI is InChI=1S/C16H17N3O3/c20-15-4-3-14(16(21)18-15)19-8-10-1-2-12(5-11(10)9-19)22-13-6-17-7-13/h1-2,5,8-9,13-14,17H,3-4,6-7H2,(H,18,20,21). The summed E-state index contributed by atoms with van der Waals surface area (Å²) in [6.45, 7) is 1.77. The molecule has 2 amide bonds. The lowest BCUT2D eigenvalue weighted by molar-refractivity contribution is -0.135. The molecule has 2 aliphatic heterocycles. The molecule has 1 aromatic heterocycles. The van der Waals surface area contributed by atoms with Gasteiger partial charge in [0, 0.05) is 37.3 Å². The van der Waals surface area contributed by atoms with Crippen LogP contribution in [0.1, 0.15) is 18.9 Å². The van der Waals surface area contributed by atoms with Crippen molar-refractivity contribution in [3.8, 4) is 5.75 Å². The van der Waals surface area contributed by atoms with E-state index in [4.69, 9.17) is 4.74 Å². The van der Waals surface area contributed by atoms with E-state index < -0.39 is 0 Å². The van der Waals surface area contributed by atoms with Crippen molar-refractivity contribution in [3.63, 3.8) is 0 Å². The number of carbonyl (C=O) groups excluding carboxylic acids is 2. The van der Waals surface area contributed by atoms with Crippen LogP contribution in [0.4, 0.5) is 0 Å². The fraction of sp³-hybridized carbons (Fsp3) is 0.375. The van der Waals surface area contributed by atoms with E-state index in [1.54, 1.807) is 0 Å². The number of amides is 2. The molecule has 0 aliphatic carbocycles. The van der Waals surface area contributed by atoms with E-state index in [1.165, 1.54) is 0 Å². The number of imide groups is 1. The number of fused-ring (bicyclic) bond motifs is 1. The van der Waals surface area contributed by atoms with Crippen LogP contribution in [0.2, 0.25) is 0 Å². The monoisotopic (exact) mass is 299 g/mol. The van der Waals surface area contributed by atoms with Crippen molar-refractivity contribution in [2.75, 3.05) is 13.1 Å². The molecule has 0 saturated carbocycles. The lowest BCUT2D eigenvalue weighted by Crippen LogP contribution is -2.50. The minimum absolute atomic E-state index is 0.192. The first kappa shape index (κ1) is 13.3. The number of piperidine rings is 1. The second kappa shape index (κ2) is 5.14. The summed E-state index contributed by atoms with van der Waals surface area (Å²) in [5, 5.41) is 7.66. The molecule has 1 atom stereocenters. The van der Waals surface area contributed by atoms with Gasteiger partial charge in [-0.2, -0.15) is 0 Å². The summed E-state index contributed by atoms with van der Waals surface area (Å²) in [7, 11) is 0. The quantitative estimate of drug-likeness (QED) is 0.828. The maximum absolute atomic E-state index is 12.0. The van der Waals surface area contributed by atoms with E-state index >= 15 is 0 Å². The summed E-state index contributed by atoms with van der Waals surface area (Å²) in [5.41, 5.74) is 0. The van der Waals surface area contributed by atoms with Crippen LogP contribution in [0.25, 0.3) is 10.8 Å². The second-order valence-corrected chi connectivity index (χ2v) is 5.86. The molecular weight excluding hydrogens is 282 g/mol. The number of carbonyl (C=O) groups is 2. The molecule has 6 heteroatoms. The molecule has 1 unspecified atom stereocenters. The van der Waals surface area contributed by atoms with Crippen LogP contribution in [0.3, 0.4) is 0 Å². The minimum atomic E-state index is -0.315. The van der Waals surface area contributed by atoms with Crippen molar-refractivity contribution in [2.24, 2.45) is 0 Å². The van der Waals surface area contributed by atoms with Crippen LogP contribution in [0, 0.1) is 0 Å². The smallest absolute Gasteiger partial charge is 0.249 e. The van der Waals surface area contributed by atoms with Gasteiger partial charge in [0.2, 0.25) is 11.8 Å². The lowest BCUT2D eigenvalue weighted by Gasteiger charge is -2.27. The highest BCUT2D eigenvalue weighted by Crippen LogP contribution is 2.27. The van der Waals surface area contributed by atoms with E-state index in [0.717, 1.165) is 29.6 Å². The molecule has 0 radical (unpaired) electrons. The number of rotatable bonds is 3. The van der Waals surface area contributed by atoms with Crippen molar-refractivity contribution in [1.29, 1.82) is 0 Å². The summed E-state index contributed by atoms with van der Waals surface area (Å²) in [6, 6.07) is 5.63. The first-order chi connectivity index (χ1) is 10.7. The van der Waals surface area contributed by atoms with Crippen molar-refractivity contribution >= 4 is 22.6 Å². The molecule has 2 saturated heterocycles. The fourth-order valence-electron chi connectivity index (χ4n) is 2.90. The number of hydrogen-bond acceptors (Lipinski definition) is 4. The highest BCUT2D eigenvalue weighted by atomic mass is 16.5. The number of ether oxygens (including phenoxy) is 1. The number of nitrogens with zero attached hydrogens (tertiary/aromatic N) is 1. The van der Waals surface area contributed by atoms with Gasteiger partial charge in [-0.25, -0.2) is 0 Å². The molecule has 3 heterocycles. The van der Waals surface area contributed by atoms with Gasteiger partial charge in [-0.1, -0.05) is 0 Å². The number of benzene rings is 1. The Balaban J connectivity index is 1.59. The largest absolute Gasteiger partial charge is 0.488 e. The first-order valence-electron chi connectivity index (χ1n) is 7.51. The van der Waals surface area contributed by atoms with Crippen LogP contribution >= 0.6 is 0 Å². The molecule has 0 spiro atoms. The van der Waals surface area contributed by atoms with Crippen LogP contribution < -0.4 is 15.4 Å². The molecule has 1 aromatic carbocycles. The average Bonchev–Trinajstić information content (AvgIpc) is 2.85. The van der Waals surface area contributed by atoms with Gasteiger partial charge in [-0.05, 0) is 30.0 Å². The van der Waals surface area contributed by atoms with Gasteiger partial charge in [-0.3, -0.25) is 14.9 Å². The maximum Gasteiger partial charge on any atom is 0.249 e. The molecule has 6 nitrogen and oxygen atoms in total. The van der Waals surface area contributed by atoms with E-state index in [2.05, 4.69) is 10.6 Å². The van der Waals surface area contributed by atoms with Crippen molar-refractivity contribution < 1.29 is 14.3 Å². The summed E-state index contributed by atoms with van der Waals surface area (Å²) in [4.78, 5) is 23.2. The van der Waals surface area contributed by atoms with E-state index in [-0.39, 0.29) is 24.0 Å². The fourth-order valence-corrected chi connectivity index (χ4v) is 2.90. The highest BCUT2D eigenvalue weighted by molar-refractivity contribution is 5.99. The molecule has 2 aliphatic rings. The Kier molecular flexibility index (Phi) is 3.11. The number of aromatic nitrogens is 1. The van der Waals surface area contributed by atoms with Crippen LogP contribution in [-0.4, -0.2) is 35.6 Å². The molecule has 2 N–H and O–H groups in total. The van der Waals surface area contributed by atoms with Gasteiger partial charge in [0.25, 0.3) is 0 Å². The van der Waals surface area contributed by atoms with Crippen LogP contribution in [0.5, 0.6) is 5.75 Å². The Morgan fingerprint density at radius 3 is 2.68 bits per heavy atom. The Morgan fingerprint density at radius 1 is 1.14 bits per heavy atom. The van der Waals surface area contributed by atoms with Crippen molar-refractivity contribution in [3.05, 3.63) is 30.6 Å². The summed E-state index contributed by atoms with van der Waals surface area (Å²) < 4.78 is 7.74. The Bertz CT molecular complexity index is 748. The number of hydrogen-bond donors (Lipinski definition) is 2. The Hall–Kier alpha value is -2.34. The molecule has 22 heavy (non-hydrogen) atoms. The first-order valence-corrected chi connectivity index (χ1v) is 7.51. The van der Waals surface area contributed by atoms with Crippen molar-refractivity contribution in [1.82, 2.24) is 15.2 Å². The SMILES string of the molecule is O=C1CCC(n2cc3ccc(OC4CNC4)cc3c2)C(=O)N1. The zero-order chi connectivity index (χ0) is 15.1. The Morgan fingerprint density at radius 2 is 1.95 bits per heavy atom. The average molecular weight is 299 g/mol. The zero-order valence-corrected chi connectivity index (χ0v) is 12.0. The number of nitrogens with one attached hydrogen (secondary N) is 2. The van der Waals surface area contributed by atoms with Gasteiger partial charge in [0.05, 0.1) is 0 Å². The van der Waals surface area contributed by atoms with Crippen molar-refractivity contribution in [2.45, 2.75) is 25.0 Å². The van der Waals surface area contributed by atoms with Gasteiger partial charge in [-0.15, -0.1) is 0 Å². The summed E-state index contributed by atoms with van der Waals surface area (Å²) in [5.74, 6) is 0.427. The predicted octanol–water partition coefficient (Wildman–Crippen LogP) is 0.970. The van der Waals surface area contributed by atoms with Crippen LogP contribution in [-0.2, 0) is 9.59 Å². The zero-order valence-electron chi connectivity index (χ0n) is 12.0. The third kappa shape index (κ3) is 2.35. The van der Waals surface area contributed by atoms with E-state index in [0.29, 0.717) is 12.8 Å². The lowest BCUT2D eigenvalue weighted by atomic mass is 10.1. The molecular formula is C16H17N3O3. The van der Waals surface area contributed by atoms with Crippen LogP contribution in [0.15, 0.2) is 30.6 Å².